The van der Waals surface area contributed by atoms with E-state index in [1.807, 2.05) is 23.1 Å². The van der Waals surface area contributed by atoms with E-state index in [0.717, 1.165) is 38.8 Å². The number of likely N-dealkylation sites (tertiary alicyclic amines) is 1. The molecule has 6 nitrogen and oxygen atoms in total. The van der Waals surface area contributed by atoms with Crippen molar-refractivity contribution in [2.75, 3.05) is 18.4 Å². The van der Waals surface area contributed by atoms with Crippen LogP contribution in [0.25, 0.3) is 0 Å². The minimum absolute atomic E-state index is 0.0268. The molecular weight excluding hydrogens is 390 g/mol. The highest BCUT2D eigenvalue weighted by Gasteiger charge is 2.21. The van der Waals surface area contributed by atoms with Crippen LogP contribution >= 0.6 is 0 Å². The molecule has 1 aromatic carbocycles. The number of carbonyl (C=O) groups excluding carboxylic acids is 2. The van der Waals surface area contributed by atoms with E-state index in [1.165, 1.54) is 5.56 Å². The van der Waals surface area contributed by atoms with Crippen LogP contribution in [0, 0.1) is 0 Å². The fraction of sp³-hybridized carbons (Fsp3) is 0.480. The second-order valence-electron chi connectivity index (χ2n) is 8.35. The maximum absolute atomic E-state index is 12.6. The van der Waals surface area contributed by atoms with Crippen LogP contribution < -0.4 is 5.32 Å². The zero-order valence-electron chi connectivity index (χ0n) is 18.3. The molecule has 2 heterocycles. The number of nitrogens with zero attached hydrogens (tertiary/aromatic N) is 2. The number of aryl methyl sites for hydroxylation is 1. The molecule has 6 heteroatoms. The molecule has 2 aromatic rings. The first kappa shape index (κ1) is 22.9. The van der Waals surface area contributed by atoms with E-state index >= 15 is 0 Å². The van der Waals surface area contributed by atoms with Crippen molar-refractivity contribution in [2.24, 2.45) is 0 Å². The standard InChI is InChI=1S/C25H33N3O3/c1-19(29)28-16-13-22(14-17-28)27-25-18-21(12-15-26-25)24(31)11-10-23(30)9-5-8-20-6-3-2-4-7-20/h2-4,6-7,12,15,18,22-23,30H,5,8-11,13-14,16-17H2,1H3,(H,26,27)/t23-/m1/s1. The lowest BCUT2D eigenvalue weighted by atomic mass is 10.0. The Hall–Kier alpha value is -2.73. The molecule has 31 heavy (non-hydrogen) atoms. The molecule has 1 atom stereocenters. The minimum atomic E-state index is -0.460. The summed E-state index contributed by atoms with van der Waals surface area (Å²) in [4.78, 5) is 30.2. The van der Waals surface area contributed by atoms with Crippen molar-refractivity contribution in [3.05, 3.63) is 59.8 Å². The highest BCUT2D eigenvalue weighted by atomic mass is 16.3. The summed E-state index contributed by atoms with van der Waals surface area (Å²) in [6.07, 6.45) is 6.28. The van der Waals surface area contributed by atoms with E-state index in [2.05, 4.69) is 22.4 Å². The first-order valence-corrected chi connectivity index (χ1v) is 11.2. The number of carbonyl (C=O) groups is 2. The topological polar surface area (TPSA) is 82.5 Å². The number of pyridine rings is 1. The number of hydrogen-bond donors (Lipinski definition) is 2. The minimum Gasteiger partial charge on any atom is -0.393 e. The second-order valence-corrected chi connectivity index (χ2v) is 8.35. The number of hydrogen-bond acceptors (Lipinski definition) is 5. The van der Waals surface area contributed by atoms with E-state index in [-0.39, 0.29) is 17.7 Å². The van der Waals surface area contributed by atoms with Gasteiger partial charge in [-0.25, -0.2) is 4.98 Å². The van der Waals surface area contributed by atoms with E-state index in [0.29, 0.717) is 30.6 Å². The number of rotatable bonds is 10. The summed E-state index contributed by atoms with van der Waals surface area (Å²) in [5.41, 5.74) is 1.89. The van der Waals surface area contributed by atoms with E-state index < -0.39 is 6.10 Å². The summed E-state index contributed by atoms with van der Waals surface area (Å²) in [6.45, 7) is 3.09. The van der Waals surface area contributed by atoms with Crippen LogP contribution in [0.2, 0.25) is 0 Å². The number of aromatic nitrogens is 1. The number of ketones is 1. The SMILES string of the molecule is CC(=O)N1CCC(Nc2cc(C(=O)CC[C@H](O)CCCc3ccccc3)ccn2)CC1. The summed E-state index contributed by atoms with van der Waals surface area (Å²) in [7, 11) is 0. The van der Waals surface area contributed by atoms with Crippen molar-refractivity contribution >= 4 is 17.5 Å². The number of piperidine rings is 1. The first-order valence-electron chi connectivity index (χ1n) is 11.2. The molecule has 0 bridgehead atoms. The summed E-state index contributed by atoms with van der Waals surface area (Å²) in [5, 5.41) is 13.6. The number of benzene rings is 1. The molecule has 1 aromatic heterocycles. The molecule has 0 saturated carbocycles. The Morgan fingerprint density at radius 2 is 1.90 bits per heavy atom. The summed E-state index contributed by atoms with van der Waals surface area (Å²) in [6, 6.07) is 14.0. The summed E-state index contributed by atoms with van der Waals surface area (Å²) < 4.78 is 0. The number of Topliss-reactive ketones (excluding diaryl/α,β-unsaturated/α-hetero) is 1. The Kier molecular flexibility index (Phi) is 8.59. The molecule has 0 spiro atoms. The largest absolute Gasteiger partial charge is 0.393 e. The van der Waals surface area contributed by atoms with Crippen LogP contribution in [-0.2, 0) is 11.2 Å². The maximum Gasteiger partial charge on any atom is 0.219 e. The third-order valence-electron chi connectivity index (χ3n) is 5.92. The lowest BCUT2D eigenvalue weighted by Crippen LogP contribution is -2.41. The molecule has 1 saturated heterocycles. The Labute approximate surface area is 184 Å². The monoisotopic (exact) mass is 423 g/mol. The molecule has 0 radical (unpaired) electrons. The molecule has 1 aliphatic rings. The average Bonchev–Trinajstić information content (AvgIpc) is 2.79. The molecular formula is C25H33N3O3. The predicted octanol–water partition coefficient (Wildman–Crippen LogP) is 3.85. The normalized spacial score (nSPS) is 15.5. The first-order chi connectivity index (χ1) is 15.0. The predicted molar refractivity (Wildman–Crippen MR) is 122 cm³/mol. The zero-order chi connectivity index (χ0) is 22.1. The number of anilines is 1. The van der Waals surface area contributed by atoms with Crippen LogP contribution in [0.1, 0.15) is 61.4 Å². The fourth-order valence-electron chi connectivity index (χ4n) is 4.00. The Morgan fingerprint density at radius 3 is 2.61 bits per heavy atom. The third-order valence-corrected chi connectivity index (χ3v) is 5.92. The molecule has 1 amide bonds. The van der Waals surface area contributed by atoms with Gasteiger partial charge in [0.05, 0.1) is 6.10 Å². The molecule has 1 fully saturated rings. The van der Waals surface area contributed by atoms with Crippen molar-refractivity contribution in [1.82, 2.24) is 9.88 Å². The summed E-state index contributed by atoms with van der Waals surface area (Å²) in [5.74, 6) is 0.834. The maximum atomic E-state index is 12.6. The number of nitrogens with one attached hydrogen (secondary N) is 1. The van der Waals surface area contributed by atoms with Gasteiger partial charge in [-0.3, -0.25) is 9.59 Å². The van der Waals surface area contributed by atoms with E-state index in [1.54, 1.807) is 25.3 Å². The zero-order valence-corrected chi connectivity index (χ0v) is 18.3. The lowest BCUT2D eigenvalue weighted by molar-refractivity contribution is -0.129. The average molecular weight is 424 g/mol. The van der Waals surface area contributed by atoms with Crippen LogP contribution in [0.5, 0.6) is 0 Å². The molecule has 3 rings (SSSR count). The van der Waals surface area contributed by atoms with Gasteiger partial charge in [-0.2, -0.15) is 0 Å². The van der Waals surface area contributed by atoms with Gasteiger partial charge in [-0.05, 0) is 56.2 Å². The van der Waals surface area contributed by atoms with Gasteiger partial charge in [0.2, 0.25) is 5.91 Å². The van der Waals surface area contributed by atoms with Gasteiger partial charge in [0.25, 0.3) is 0 Å². The van der Waals surface area contributed by atoms with E-state index in [4.69, 9.17) is 0 Å². The molecule has 0 aliphatic carbocycles. The molecule has 1 aliphatic heterocycles. The van der Waals surface area contributed by atoms with Gasteiger partial charge in [0.1, 0.15) is 5.82 Å². The summed E-state index contributed by atoms with van der Waals surface area (Å²) >= 11 is 0. The Balaban J connectivity index is 1.40. The van der Waals surface area contributed by atoms with Crippen molar-refractivity contribution in [2.45, 2.75) is 64.0 Å². The highest BCUT2D eigenvalue weighted by Crippen LogP contribution is 2.18. The highest BCUT2D eigenvalue weighted by molar-refractivity contribution is 5.96. The number of aliphatic hydroxyl groups excluding tert-OH is 1. The lowest BCUT2D eigenvalue weighted by Gasteiger charge is -2.32. The third kappa shape index (κ3) is 7.47. The molecule has 2 N–H and O–H groups in total. The van der Waals surface area contributed by atoms with Crippen molar-refractivity contribution in [3.8, 4) is 0 Å². The van der Waals surface area contributed by atoms with Gasteiger partial charge in [0.15, 0.2) is 5.78 Å². The van der Waals surface area contributed by atoms with Gasteiger partial charge >= 0.3 is 0 Å². The quantitative estimate of drug-likeness (QED) is 0.567. The molecule has 166 valence electrons. The van der Waals surface area contributed by atoms with Crippen molar-refractivity contribution < 1.29 is 14.7 Å². The van der Waals surface area contributed by atoms with Crippen LogP contribution in [0.4, 0.5) is 5.82 Å². The Bertz CT molecular complexity index is 848. The van der Waals surface area contributed by atoms with Gasteiger partial charge in [-0.1, -0.05) is 30.3 Å². The molecule has 0 unspecified atom stereocenters. The van der Waals surface area contributed by atoms with Gasteiger partial charge < -0.3 is 15.3 Å². The smallest absolute Gasteiger partial charge is 0.219 e. The van der Waals surface area contributed by atoms with Gasteiger partial charge in [-0.15, -0.1) is 0 Å². The van der Waals surface area contributed by atoms with Gasteiger partial charge in [0, 0.05) is 44.2 Å². The second kappa shape index (κ2) is 11.6. The number of amides is 1. The van der Waals surface area contributed by atoms with Crippen LogP contribution in [-0.4, -0.2) is 51.9 Å². The number of aliphatic hydroxyl groups is 1. The van der Waals surface area contributed by atoms with Crippen LogP contribution in [0.15, 0.2) is 48.7 Å². The fourth-order valence-corrected chi connectivity index (χ4v) is 4.00. The Morgan fingerprint density at radius 1 is 1.16 bits per heavy atom. The van der Waals surface area contributed by atoms with Crippen molar-refractivity contribution in [3.63, 3.8) is 0 Å². The van der Waals surface area contributed by atoms with E-state index in [9.17, 15) is 14.7 Å². The van der Waals surface area contributed by atoms with Crippen LogP contribution in [0.3, 0.4) is 0 Å². The van der Waals surface area contributed by atoms with Crippen molar-refractivity contribution in [1.29, 1.82) is 0 Å².